The van der Waals surface area contributed by atoms with Gasteiger partial charge in [0.15, 0.2) is 0 Å². The number of unbranched alkanes of at least 4 members (excludes halogenated alkanes) is 1. The van der Waals surface area contributed by atoms with Gasteiger partial charge in [0.25, 0.3) is 0 Å². The van der Waals surface area contributed by atoms with Gasteiger partial charge in [-0.05, 0) is 87.4 Å². The van der Waals surface area contributed by atoms with Crippen LogP contribution in [0.5, 0.6) is 0 Å². The second-order valence-electron chi connectivity index (χ2n) is 9.62. The SMILES string of the molecule is O=C(O)[C@H](CCN(CCCF)CCCCc1ccc2c(n1)NCCC2)Nc1ncc(C2CC2)cn1. The Kier molecular flexibility index (Phi) is 9.22. The van der Waals surface area contributed by atoms with Crippen LogP contribution in [-0.2, 0) is 17.6 Å². The van der Waals surface area contributed by atoms with Crippen molar-refractivity contribution in [1.82, 2.24) is 19.9 Å². The van der Waals surface area contributed by atoms with Crippen LogP contribution < -0.4 is 10.6 Å². The number of carbonyl (C=O) groups is 1. The fraction of sp³-hybridized carbons (Fsp3) is 0.615. The molecule has 0 spiro atoms. The van der Waals surface area contributed by atoms with Crippen molar-refractivity contribution in [3.05, 3.63) is 41.3 Å². The van der Waals surface area contributed by atoms with E-state index >= 15 is 0 Å². The molecule has 2 aromatic heterocycles. The molecular formula is C26H37FN6O2. The molecule has 1 fully saturated rings. The number of anilines is 2. The Morgan fingerprint density at radius 1 is 1.17 bits per heavy atom. The number of fused-ring (bicyclic) bond motifs is 1. The molecular weight excluding hydrogens is 447 g/mol. The van der Waals surface area contributed by atoms with E-state index in [-0.39, 0.29) is 6.67 Å². The van der Waals surface area contributed by atoms with Crippen molar-refractivity contribution in [3.8, 4) is 0 Å². The van der Waals surface area contributed by atoms with Gasteiger partial charge in [0.05, 0.1) is 6.67 Å². The highest BCUT2D eigenvalue weighted by atomic mass is 19.1. The third-order valence-electron chi connectivity index (χ3n) is 6.77. The zero-order valence-electron chi connectivity index (χ0n) is 20.4. The lowest BCUT2D eigenvalue weighted by atomic mass is 10.1. The summed E-state index contributed by atoms with van der Waals surface area (Å²) in [5, 5.41) is 16.0. The maximum absolute atomic E-state index is 12.8. The number of hydrogen-bond donors (Lipinski definition) is 3. The molecule has 190 valence electrons. The second-order valence-corrected chi connectivity index (χ2v) is 9.62. The Bertz CT molecular complexity index is 953. The highest BCUT2D eigenvalue weighted by molar-refractivity contribution is 5.76. The highest BCUT2D eigenvalue weighted by Crippen LogP contribution is 2.39. The van der Waals surface area contributed by atoms with E-state index in [1.807, 2.05) is 0 Å². The maximum atomic E-state index is 12.8. The van der Waals surface area contributed by atoms with E-state index in [1.165, 1.54) is 18.4 Å². The maximum Gasteiger partial charge on any atom is 0.326 e. The van der Waals surface area contributed by atoms with E-state index < -0.39 is 12.0 Å². The molecule has 2 aromatic rings. The Balaban J connectivity index is 1.23. The summed E-state index contributed by atoms with van der Waals surface area (Å²) in [6.07, 6.45) is 11.8. The van der Waals surface area contributed by atoms with Crippen molar-refractivity contribution in [2.75, 3.05) is 43.5 Å². The Morgan fingerprint density at radius 2 is 1.97 bits per heavy atom. The first-order valence-corrected chi connectivity index (χ1v) is 12.9. The van der Waals surface area contributed by atoms with Gasteiger partial charge in [-0.1, -0.05) is 6.07 Å². The minimum Gasteiger partial charge on any atom is -0.480 e. The van der Waals surface area contributed by atoms with Gasteiger partial charge >= 0.3 is 5.97 Å². The van der Waals surface area contributed by atoms with Crippen molar-refractivity contribution in [2.24, 2.45) is 0 Å². The van der Waals surface area contributed by atoms with Gasteiger partial charge in [-0.2, -0.15) is 0 Å². The fourth-order valence-corrected chi connectivity index (χ4v) is 4.53. The number of nitrogens with one attached hydrogen (secondary N) is 2. The molecule has 0 radical (unpaired) electrons. The van der Waals surface area contributed by atoms with Crippen LogP contribution in [0.25, 0.3) is 0 Å². The van der Waals surface area contributed by atoms with Crippen molar-refractivity contribution < 1.29 is 14.3 Å². The Labute approximate surface area is 206 Å². The zero-order chi connectivity index (χ0) is 24.5. The lowest BCUT2D eigenvalue weighted by Gasteiger charge is -2.24. The Morgan fingerprint density at radius 3 is 2.71 bits per heavy atom. The van der Waals surface area contributed by atoms with Gasteiger partial charge < -0.3 is 20.6 Å². The van der Waals surface area contributed by atoms with Gasteiger partial charge in [0, 0.05) is 37.7 Å². The molecule has 9 heteroatoms. The number of aromatic nitrogens is 3. The quantitative estimate of drug-likeness (QED) is 0.326. The molecule has 0 amide bonds. The minimum atomic E-state index is -0.933. The molecule has 1 aliphatic heterocycles. The molecule has 1 atom stereocenters. The van der Waals surface area contributed by atoms with Crippen molar-refractivity contribution in [2.45, 2.75) is 69.7 Å². The third-order valence-corrected chi connectivity index (χ3v) is 6.77. The van der Waals surface area contributed by atoms with Crippen LogP contribution in [-0.4, -0.2) is 69.8 Å². The standard InChI is InChI=1S/C26H37FN6O2/c27-12-4-15-33(14-2-1-6-22-10-9-20-5-3-13-28-24(20)31-22)16-11-23(25(34)35)32-26-29-17-21(18-30-26)19-7-8-19/h9-10,17-19,23H,1-8,11-16H2,(H,28,31)(H,34,35)(H,29,30,32)/t23-/m0/s1. The lowest BCUT2D eigenvalue weighted by Crippen LogP contribution is -2.36. The highest BCUT2D eigenvalue weighted by Gasteiger charge is 2.25. The van der Waals surface area contributed by atoms with E-state index in [2.05, 4.69) is 37.6 Å². The number of halogens is 1. The number of alkyl halides is 1. The third kappa shape index (κ3) is 7.85. The average Bonchev–Trinajstić information content (AvgIpc) is 3.72. The summed E-state index contributed by atoms with van der Waals surface area (Å²) in [4.78, 5) is 27.3. The molecule has 3 heterocycles. The summed E-state index contributed by atoms with van der Waals surface area (Å²) in [5.74, 6) is 0.987. The zero-order valence-corrected chi connectivity index (χ0v) is 20.4. The molecule has 8 nitrogen and oxygen atoms in total. The number of carboxylic acid groups (broad SMARTS) is 1. The molecule has 4 rings (SSSR count). The van der Waals surface area contributed by atoms with Crippen molar-refractivity contribution >= 4 is 17.7 Å². The first kappa shape index (κ1) is 25.3. The second kappa shape index (κ2) is 12.8. The van der Waals surface area contributed by atoms with E-state index in [0.29, 0.717) is 37.8 Å². The molecule has 0 bridgehead atoms. The van der Waals surface area contributed by atoms with Gasteiger partial charge in [-0.15, -0.1) is 0 Å². The number of aliphatic carboxylic acids is 1. The fourth-order valence-electron chi connectivity index (χ4n) is 4.53. The van der Waals surface area contributed by atoms with Crippen LogP contribution in [0.15, 0.2) is 24.5 Å². The normalized spacial score (nSPS) is 15.9. The van der Waals surface area contributed by atoms with Gasteiger partial charge in [0.2, 0.25) is 5.95 Å². The van der Waals surface area contributed by atoms with Crippen LogP contribution in [0.2, 0.25) is 0 Å². The predicted molar refractivity (Wildman–Crippen MR) is 135 cm³/mol. The molecule has 2 aliphatic rings. The molecule has 35 heavy (non-hydrogen) atoms. The van der Waals surface area contributed by atoms with Crippen LogP contribution >= 0.6 is 0 Å². The number of pyridine rings is 1. The number of rotatable bonds is 15. The summed E-state index contributed by atoms with van der Waals surface area (Å²) in [6.45, 7) is 2.62. The average molecular weight is 485 g/mol. The summed E-state index contributed by atoms with van der Waals surface area (Å²) < 4.78 is 12.8. The summed E-state index contributed by atoms with van der Waals surface area (Å²) in [6, 6.07) is 3.51. The first-order chi connectivity index (χ1) is 17.1. The van der Waals surface area contributed by atoms with Crippen LogP contribution in [0.1, 0.15) is 67.7 Å². The van der Waals surface area contributed by atoms with Crippen molar-refractivity contribution in [1.29, 1.82) is 0 Å². The van der Waals surface area contributed by atoms with E-state index in [1.54, 1.807) is 12.4 Å². The number of aryl methyl sites for hydroxylation is 2. The van der Waals surface area contributed by atoms with E-state index in [0.717, 1.165) is 62.3 Å². The molecule has 1 aliphatic carbocycles. The molecule has 1 saturated carbocycles. The van der Waals surface area contributed by atoms with E-state index in [9.17, 15) is 14.3 Å². The number of nitrogens with zero attached hydrogens (tertiary/aromatic N) is 4. The Hall–Kier alpha value is -2.81. The molecule has 3 N–H and O–H groups in total. The van der Waals surface area contributed by atoms with Crippen LogP contribution in [0.3, 0.4) is 0 Å². The van der Waals surface area contributed by atoms with E-state index in [4.69, 9.17) is 4.98 Å². The summed E-state index contributed by atoms with van der Waals surface area (Å²) >= 11 is 0. The molecule has 0 saturated heterocycles. The molecule has 0 aromatic carbocycles. The first-order valence-electron chi connectivity index (χ1n) is 12.9. The topological polar surface area (TPSA) is 103 Å². The molecule has 0 unspecified atom stereocenters. The largest absolute Gasteiger partial charge is 0.480 e. The monoisotopic (exact) mass is 484 g/mol. The predicted octanol–water partition coefficient (Wildman–Crippen LogP) is 4.05. The van der Waals surface area contributed by atoms with Crippen molar-refractivity contribution in [3.63, 3.8) is 0 Å². The van der Waals surface area contributed by atoms with Gasteiger partial charge in [0.1, 0.15) is 11.9 Å². The van der Waals surface area contributed by atoms with Crippen LogP contribution in [0, 0.1) is 0 Å². The van der Waals surface area contributed by atoms with Gasteiger partial charge in [-0.3, -0.25) is 4.39 Å². The number of hydrogen-bond acceptors (Lipinski definition) is 7. The summed E-state index contributed by atoms with van der Waals surface area (Å²) in [7, 11) is 0. The summed E-state index contributed by atoms with van der Waals surface area (Å²) in [5.41, 5.74) is 3.50. The minimum absolute atomic E-state index is 0.337. The smallest absolute Gasteiger partial charge is 0.326 e. The number of carboxylic acids is 1. The van der Waals surface area contributed by atoms with Gasteiger partial charge in [-0.25, -0.2) is 19.7 Å². The van der Waals surface area contributed by atoms with Crippen LogP contribution in [0.4, 0.5) is 16.2 Å². The lowest BCUT2D eigenvalue weighted by molar-refractivity contribution is -0.138.